The van der Waals surface area contributed by atoms with Gasteiger partial charge in [0.05, 0.1) is 24.7 Å². The summed E-state index contributed by atoms with van der Waals surface area (Å²) in [5.41, 5.74) is 0.559. The molecule has 0 N–H and O–H groups in total. The molecule has 106 valence electrons. The van der Waals surface area contributed by atoms with Crippen LogP contribution in [-0.2, 0) is 18.9 Å². The molecule has 0 unspecified atom stereocenters. The number of methoxy groups -OCH3 is 1. The van der Waals surface area contributed by atoms with E-state index in [-0.39, 0.29) is 13.1 Å². The van der Waals surface area contributed by atoms with Crippen molar-refractivity contribution < 1.29 is 23.6 Å². The molecule has 0 spiro atoms. The lowest BCUT2D eigenvalue weighted by Gasteiger charge is -2.22. The van der Waals surface area contributed by atoms with Crippen LogP contribution in [0.5, 0.6) is 5.75 Å². The van der Waals surface area contributed by atoms with Crippen molar-refractivity contribution in [3.05, 3.63) is 22.7 Å². The minimum absolute atomic E-state index is 0.0446. The Kier molecular flexibility index (Phi) is 4.67. The zero-order chi connectivity index (χ0) is 14.7. The highest BCUT2D eigenvalue weighted by Crippen LogP contribution is 2.22. The summed E-state index contributed by atoms with van der Waals surface area (Å²) in [6.45, 7) is 0.0891. The predicted octanol–water partition coefficient (Wildman–Crippen LogP) is 0.185. The summed E-state index contributed by atoms with van der Waals surface area (Å²) in [5, 5.41) is 0. The number of hydrogen-bond acceptors (Lipinski definition) is 6. The summed E-state index contributed by atoms with van der Waals surface area (Å²) in [7, 11) is 2.16. The van der Waals surface area contributed by atoms with Crippen molar-refractivity contribution in [3.63, 3.8) is 0 Å². The van der Waals surface area contributed by atoms with E-state index in [9.17, 15) is 9.59 Å². The van der Waals surface area contributed by atoms with E-state index in [1.54, 1.807) is 32.4 Å². The van der Waals surface area contributed by atoms with Gasteiger partial charge in [0.15, 0.2) is 0 Å². The van der Waals surface area contributed by atoms with Gasteiger partial charge >= 0.3 is 19.1 Å². The molecule has 1 aliphatic heterocycles. The fraction of sp³-hybridized carbons (Fsp3) is 0.333. The van der Waals surface area contributed by atoms with Crippen LogP contribution in [0.3, 0.4) is 0 Å². The molecule has 1 fully saturated rings. The van der Waals surface area contributed by atoms with Crippen molar-refractivity contribution in [1.29, 1.82) is 0 Å². The van der Waals surface area contributed by atoms with E-state index in [4.69, 9.17) is 14.0 Å². The molecule has 8 heteroatoms. The molecule has 1 aliphatic rings. The number of rotatable bonds is 2. The van der Waals surface area contributed by atoms with Gasteiger partial charge in [-0.2, -0.15) is 0 Å². The third kappa shape index (κ3) is 3.52. The third-order valence-corrected chi connectivity index (χ3v) is 3.34. The van der Waals surface area contributed by atoms with Crippen molar-refractivity contribution in [2.75, 3.05) is 27.2 Å². The van der Waals surface area contributed by atoms with Crippen LogP contribution in [0.15, 0.2) is 22.7 Å². The van der Waals surface area contributed by atoms with E-state index < -0.39 is 19.1 Å². The lowest BCUT2D eigenvalue weighted by Crippen LogP contribution is -2.47. The average molecular weight is 342 g/mol. The van der Waals surface area contributed by atoms with Gasteiger partial charge in [-0.1, -0.05) is 6.07 Å². The standard InChI is InChI=1S/C12H13BBrNO5/c1-15-6-11(16)19-13(20-12(17)7-15)8-3-4-10(18-2)9(14)5-8/h3-5H,6-7H2,1-2H3. The van der Waals surface area contributed by atoms with Crippen LogP contribution in [0.2, 0.25) is 0 Å². The van der Waals surface area contributed by atoms with Crippen molar-refractivity contribution in [1.82, 2.24) is 4.90 Å². The topological polar surface area (TPSA) is 65.1 Å². The first kappa shape index (κ1) is 14.9. The van der Waals surface area contributed by atoms with E-state index in [2.05, 4.69) is 15.9 Å². The number of carbonyl (C=O) groups excluding carboxylic acids is 2. The molecule has 0 bridgehead atoms. The Hall–Kier alpha value is -1.54. The Morgan fingerprint density at radius 2 is 1.85 bits per heavy atom. The second kappa shape index (κ2) is 6.28. The van der Waals surface area contributed by atoms with Gasteiger partial charge in [0.25, 0.3) is 0 Å². The van der Waals surface area contributed by atoms with Gasteiger partial charge in [0.2, 0.25) is 0 Å². The number of halogens is 1. The molecule has 0 aliphatic carbocycles. The molecule has 0 aromatic heterocycles. The predicted molar refractivity (Wildman–Crippen MR) is 75.8 cm³/mol. The lowest BCUT2D eigenvalue weighted by atomic mass is 9.78. The number of likely N-dealkylation sites (N-methyl/N-ethyl adjacent to an activating group) is 1. The minimum Gasteiger partial charge on any atom is -0.496 e. The van der Waals surface area contributed by atoms with E-state index in [1.165, 1.54) is 4.90 Å². The molecule has 6 nitrogen and oxygen atoms in total. The number of benzene rings is 1. The molecule has 1 aromatic carbocycles. The molecular formula is C12H13BBrNO5. The van der Waals surface area contributed by atoms with Crippen LogP contribution in [0.4, 0.5) is 0 Å². The van der Waals surface area contributed by atoms with Crippen molar-refractivity contribution in [2.24, 2.45) is 0 Å². The molecular weight excluding hydrogens is 329 g/mol. The minimum atomic E-state index is -1.04. The van der Waals surface area contributed by atoms with E-state index in [0.717, 1.165) is 0 Å². The number of ether oxygens (including phenoxy) is 1. The van der Waals surface area contributed by atoms with E-state index in [1.807, 2.05) is 0 Å². The molecule has 0 saturated carbocycles. The van der Waals surface area contributed by atoms with Crippen molar-refractivity contribution in [2.45, 2.75) is 0 Å². The second-order valence-electron chi connectivity index (χ2n) is 4.38. The highest BCUT2D eigenvalue weighted by Gasteiger charge is 2.34. The molecule has 2 rings (SSSR count). The Balaban J connectivity index is 2.23. The van der Waals surface area contributed by atoms with Crippen LogP contribution in [0.25, 0.3) is 0 Å². The fourth-order valence-electron chi connectivity index (χ4n) is 1.80. The summed E-state index contributed by atoms with van der Waals surface area (Å²) in [6.07, 6.45) is 0. The van der Waals surface area contributed by atoms with E-state index >= 15 is 0 Å². The summed E-state index contributed by atoms with van der Waals surface area (Å²) < 4.78 is 16.1. The van der Waals surface area contributed by atoms with Gasteiger partial charge in [0.1, 0.15) is 5.75 Å². The van der Waals surface area contributed by atoms with Gasteiger partial charge in [-0.15, -0.1) is 0 Å². The van der Waals surface area contributed by atoms with E-state index in [0.29, 0.717) is 15.7 Å². The number of carbonyl (C=O) groups is 2. The molecule has 1 saturated heterocycles. The Bertz CT molecular complexity index is 519. The third-order valence-electron chi connectivity index (χ3n) is 2.72. The van der Waals surface area contributed by atoms with Gasteiger partial charge < -0.3 is 14.0 Å². The molecule has 1 aromatic rings. The second-order valence-corrected chi connectivity index (χ2v) is 5.23. The van der Waals surface area contributed by atoms with Crippen LogP contribution in [0, 0.1) is 0 Å². The summed E-state index contributed by atoms with van der Waals surface area (Å²) in [5.74, 6) is -0.258. The first-order valence-corrected chi connectivity index (χ1v) is 6.70. The summed E-state index contributed by atoms with van der Waals surface area (Å²) in [6, 6.07) is 5.07. The van der Waals surface area contributed by atoms with Crippen molar-refractivity contribution in [3.8, 4) is 5.75 Å². The first-order chi connectivity index (χ1) is 9.49. The van der Waals surface area contributed by atoms with Crippen molar-refractivity contribution >= 4 is 40.4 Å². The molecule has 0 amide bonds. The molecule has 20 heavy (non-hydrogen) atoms. The van der Waals surface area contributed by atoms with Crippen LogP contribution in [-0.4, -0.2) is 51.2 Å². The maximum Gasteiger partial charge on any atom is 0.636 e. The Morgan fingerprint density at radius 1 is 1.25 bits per heavy atom. The molecule has 0 radical (unpaired) electrons. The highest BCUT2D eigenvalue weighted by atomic mass is 79.9. The monoisotopic (exact) mass is 341 g/mol. The Morgan fingerprint density at radius 3 is 2.35 bits per heavy atom. The van der Waals surface area contributed by atoms with Gasteiger partial charge in [-0.05, 0) is 35.1 Å². The van der Waals surface area contributed by atoms with Gasteiger partial charge in [-0.25, -0.2) is 0 Å². The van der Waals surface area contributed by atoms with Crippen LogP contribution in [0.1, 0.15) is 0 Å². The maximum absolute atomic E-state index is 11.7. The quantitative estimate of drug-likeness (QED) is 0.715. The highest BCUT2D eigenvalue weighted by molar-refractivity contribution is 9.10. The number of nitrogens with zero attached hydrogens (tertiary/aromatic N) is 1. The molecule has 1 heterocycles. The molecule has 0 atom stereocenters. The maximum atomic E-state index is 11.7. The normalized spacial score (nSPS) is 17.1. The average Bonchev–Trinajstić information content (AvgIpc) is 2.35. The fourth-order valence-corrected chi connectivity index (χ4v) is 2.36. The smallest absolute Gasteiger partial charge is 0.496 e. The largest absolute Gasteiger partial charge is 0.636 e. The summed E-state index contributed by atoms with van der Waals surface area (Å²) in [4.78, 5) is 24.8. The van der Waals surface area contributed by atoms with Crippen LogP contribution < -0.4 is 10.2 Å². The van der Waals surface area contributed by atoms with Gasteiger partial charge in [0, 0.05) is 5.46 Å². The lowest BCUT2D eigenvalue weighted by molar-refractivity contribution is -0.145. The zero-order valence-electron chi connectivity index (χ0n) is 11.1. The SMILES string of the molecule is COc1ccc(B2OC(=O)CN(C)CC(=O)O2)cc1Br. The first-order valence-electron chi connectivity index (χ1n) is 5.90. The Labute approximate surface area is 125 Å². The van der Waals surface area contributed by atoms with Crippen LogP contribution >= 0.6 is 15.9 Å². The summed E-state index contributed by atoms with van der Waals surface area (Å²) >= 11 is 3.33. The zero-order valence-corrected chi connectivity index (χ0v) is 12.7. The van der Waals surface area contributed by atoms with Gasteiger partial charge in [-0.3, -0.25) is 14.5 Å². The number of hydrogen-bond donors (Lipinski definition) is 0.